The van der Waals surface area contributed by atoms with E-state index < -0.39 is 66.2 Å². The highest BCUT2D eigenvalue weighted by Gasteiger charge is 2.33. The fraction of sp³-hybridized carbons (Fsp3) is 0.480. The number of carboxylic acid groups (broad SMARTS) is 2. The molecule has 0 fully saturated rings. The number of aromatic nitrogens is 1. The van der Waals surface area contributed by atoms with E-state index in [1.807, 2.05) is 24.3 Å². The van der Waals surface area contributed by atoms with Gasteiger partial charge in [0.15, 0.2) is 0 Å². The number of aromatic amines is 1. The maximum Gasteiger partial charge on any atom is 0.326 e. The first-order chi connectivity index (χ1) is 17.3. The first-order valence-electron chi connectivity index (χ1n) is 12.0. The summed E-state index contributed by atoms with van der Waals surface area (Å²) in [6.07, 6.45) is 0.908. The van der Waals surface area contributed by atoms with Crippen molar-refractivity contribution >= 4 is 40.6 Å². The number of carbonyl (C=O) groups excluding carboxylic acids is 3. The fourth-order valence-electron chi connectivity index (χ4n) is 3.72. The minimum atomic E-state index is -1.51. The van der Waals surface area contributed by atoms with Crippen LogP contribution in [-0.2, 0) is 30.4 Å². The second-order valence-corrected chi connectivity index (χ2v) is 9.62. The van der Waals surface area contributed by atoms with Gasteiger partial charge in [0.1, 0.15) is 18.1 Å². The van der Waals surface area contributed by atoms with Gasteiger partial charge in [-0.2, -0.15) is 0 Å². The van der Waals surface area contributed by atoms with Crippen LogP contribution in [0.3, 0.4) is 0 Å². The average Bonchev–Trinajstić information content (AvgIpc) is 3.22. The molecule has 0 aliphatic heterocycles. The highest BCUT2D eigenvalue weighted by atomic mass is 16.4. The van der Waals surface area contributed by atoms with Gasteiger partial charge in [-0.15, -0.1) is 0 Å². The van der Waals surface area contributed by atoms with Crippen molar-refractivity contribution in [3.05, 3.63) is 36.0 Å². The summed E-state index contributed by atoms with van der Waals surface area (Å²) in [7, 11) is 0. The Morgan fingerprint density at radius 2 is 1.46 bits per heavy atom. The number of aliphatic carboxylic acids is 2. The monoisotopic (exact) mass is 517 g/mol. The lowest BCUT2D eigenvalue weighted by Crippen LogP contribution is -2.58. The molecule has 0 aliphatic carbocycles. The van der Waals surface area contributed by atoms with E-state index in [4.69, 9.17) is 5.73 Å². The van der Waals surface area contributed by atoms with Crippen LogP contribution < -0.4 is 21.7 Å². The van der Waals surface area contributed by atoms with Crippen LogP contribution in [0.2, 0.25) is 0 Å². The quantitative estimate of drug-likeness (QED) is 0.197. The van der Waals surface area contributed by atoms with E-state index >= 15 is 0 Å². The predicted octanol–water partition coefficient (Wildman–Crippen LogP) is 0.363. The van der Waals surface area contributed by atoms with Gasteiger partial charge in [0.2, 0.25) is 17.7 Å². The molecule has 3 amide bonds. The Kier molecular flexibility index (Phi) is 10.2. The summed E-state index contributed by atoms with van der Waals surface area (Å²) < 4.78 is 0. The van der Waals surface area contributed by atoms with Gasteiger partial charge < -0.3 is 36.9 Å². The Hall–Kier alpha value is -3.93. The highest BCUT2D eigenvalue weighted by molar-refractivity contribution is 5.96. The number of hydrogen-bond donors (Lipinski definition) is 7. The number of nitrogens with two attached hydrogens (primary N) is 1. The van der Waals surface area contributed by atoms with E-state index in [9.17, 15) is 34.2 Å². The molecule has 12 heteroatoms. The first kappa shape index (κ1) is 29.3. The Balaban J connectivity index is 2.34. The maximum atomic E-state index is 13.2. The van der Waals surface area contributed by atoms with E-state index in [0.29, 0.717) is 5.56 Å². The number of para-hydroxylation sites is 1. The molecule has 0 bridgehead atoms. The number of carboxylic acids is 2. The molecule has 1 aromatic carbocycles. The summed E-state index contributed by atoms with van der Waals surface area (Å²) in [6.45, 7) is 6.66. The molecular weight excluding hydrogens is 482 g/mol. The average molecular weight is 518 g/mol. The van der Waals surface area contributed by atoms with Gasteiger partial charge in [-0.05, 0) is 23.5 Å². The summed E-state index contributed by atoms with van der Waals surface area (Å²) in [5, 5.41) is 26.9. The van der Waals surface area contributed by atoms with Crippen molar-refractivity contribution in [2.24, 2.45) is 17.6 Å². The van der Waals surface area contributed by atoms with Gasteiger partial charge in [0.05, 0.1) is 12.5 Å². The van der Waals surface area contributed by atoms with Crippen molar-refractivity contribution < 1.29 is 34.2 Å². The number of carbonyl (C=O) groups is 5. The predicted molar refractivity (Wildman–Crippen MR) is 135 cm³/mol. The zero-order valence-electron chi connectivity index (χ0n) is 21.3. The van der Waals surface area contributed by atoms with Crippen LogP contribution in [0.15, 0.2) is 30.5 Å². The Bertz CT molecular complexity index is 1140. The molecule has 4 unspecified atom stereocenters. The van der Waals surface area contributed by atoms with E-state index in [2.05, 4.69) is 20.9 Å². The zero-order valence-corrected chi connectivity index (χ0v) is 21.3. The van der Waals surface area contributed by atoms with Crippen LogP contribution in [0.5, 0.6) is 0 Å². The second kappa shape index (κ2) is 12.9. The highest BCUT2D eigenvalue weighted by Crippen LogP contribution is 2.19. The third-order valence-corrected chi connectivity index (χ3v) is 6.00. The van der Waals surface area contributed by atoms with Gasteiger partial charge in [-0.1, -0.05) is 45.9 Å². The minimum Gasteiger partial charge on any atom is -0.481 e. The number of H-pyrrole nitrogens is 1. The molecule has 0 radical (unpaired) electrons. The van der Waals surface area contributed by atoms with Gasteiger partial charge >= 0.3 is 11.9 Å². The van der Waals surface area contributed by atoms with Gasteiger partial charge in [-0.25, -0.2) is 4.79 Å². The lowest BCUT2D eigenvalue weighted by atomic mass is 10.0. The standard InChI is InChI=1S/C25H35N5O7/c1-12(2)20(26)24(35)29-18(10-19(31)32)22(33)28-17(23(34)30-21(13(3)4)25(36)37)9-14-11-27-16-8-6-5-7-15(14)16/h5-8,11-13,17-18,20-21,27H,9-10,26H2,1-4H3,(H,28,33)(H,29,35)(H,30,34)(H,31,32)(H,36,37). The van der Waals surface area contributed by atoms with Crippen LogP contribution >= 0.6 is 0 Å². The Labute approximate surface area is 214 Å². The SMILES string of the molecule is CC(C)C(N)C(=O)NC(CC(=O)O)C(=O)NC(Cc1c[nH]c2ccccc12)C(=O)NC(C(=O)O)C(C)C. The van der Waals surface area contributed by atoms with Gasteiger partial charge in [-0.3, -0.25) is 19.2 Å². The summed E-state index contributed by atoms with van der Waals surface area (Å²) in [4.78, 5) is 64.9. The number of nitrogens with one attached hydrogen (secondary N) is 4. The summed E-state index contributed by atoms with van der Waals surface area (Å²) in [5.74, 6) is -5.68. The third-order valence-electron chi connectivity index (χ3n) is 6.00. The molecule has 2 rings (SSSR count). The van der Waals surface area contributed by atoms with Gasteiger partial charge in [0.25, 0.3) is 0 Å². The number of fused-ring (bicyclic) bond motifs is 1. The molecule has 0 saturated carbocycles. The number of benzene rings is 1. The van der Waals surface area contributed by atoms with Crippen LogP contribution in [-0.4, -0.2) is 69.0 Å². The molecule has 37 heavy (non-hydrogen) atoms. The van der Waals surface area contributed by atoms with Crippen molar-refractivity contribution in [2.75, 3.05) is 0 Å². The summed E-state index contributed by atoms with van der Waals surface area (Å²) >= 11 is 0. The number of hydrogen-bond acceptors (Lipinski definition) is 6. The molecule has 202 valence electrons. The molecule has 1 heterocycles. The van der Waals surface area contributed by atoms with E-state index in [-0.39, 0.29) is 12.3 Å². The zero-order chi connectivity index (χ0) is 27.9. The normalized spacial score (nSPS) is 14.6. The van der Waals surface area contributed by atoms with E-state index in [1.54, 1.807) is 33.9 Å². The Morgan fingerprint density at radius 1 is 0.865 bits per heavy atom. The molecule has 4 atom stereocenters. The lowest BCUT2D eigenvalue weighted by molar-refractivity contribution is -0.144. The molecule has 0 saturated heterocycles. The van der Waals surface area contributed by atoms with Crippen LogP contribution in [0.1, 0.15) is 39.7 Å². The van der Waals surface area contributed by atoms with E-state index in [0.717, 1.165) is 10.9 Å². The number of rotatable bonds is 13. The van der Waals surface area contributed by atoms with Gasteiger partial charge in [0, 0.05) is 23.5 Å². The second-order valence-electron chi connectivity index (χ2n) is 9.62. The van der Waals surface area contributed by atoms with Crippen molar-refractivity contribution in [3.8, 4) is 0 Å². The molecule has 1 aromatic heterocycles. The van der Waals surface area contributed by atoms with Crippen molar-refractivity contribution in [2.45, 2.75) is 64.7 Å². The van der Waals surface area contributed by atoms with Crippen molar-refractivity contribution in [1.29, 1.82) is 0 Å². The number of amides is 3. The molecule has 12 nitrogen and oxygen atoms in total. The van der Waals surface area contributed by atoms with Crippen LogP contribution in [0.25, 0.3) is 10.9 Å². The molecule has 8 N–H and O–H groups in total. The molecular formula is C25H35N5O7. The molecule has 0 spiro atoms. The smallest absolute Gasteiger partial charge is 0.326 e. The first-order valence-corrected chi connectivity index (χ1v) is 12.0. The fourth-order valence-corrected chi connectivity index (χ4v) is 3.72. The maximum absolute atomic E-state index is 13.2. The minimum absolute atomic E-state index is 0.0226. The van der Waals surface area contributed by atoms with Crippen LogP contribution in [0, 0.1) is 11.8 Å². The Morgan fingerprint density at radius 3 is 2.03 bits per heavy atom. The topological polar surface area (TPSA) is 204 Å². The largest absolute Gasteiger partial charge is 0.481 e. The lowest BCUT2D eigenvalue weighted by Gasteiger charge is -2.26. The third kappa shape index (κ3) is 8.04. The van der Waals surface area contributed by atoms with E-state index in [1.165, 1.54) is 0 Å². The van der Waals surface area contributed by atoms with Crippen molar-refractivity contribution in [3.63, 3.8) is 0 Å². The molecule has 0 aliphatic rings. The van der Waals surface area contributed by atoms with Crippen molar-refractivity contribution in [1.82, 2.24) is 20.9 Å². The summed E-state index contributed by atoms with van der Waals surface area (Å²) in [6, 6.07) is 2.34. The van der Waals surface area contributed by atoms with Crippen LogP contribution in [0.4, 0.5) is 0 Å². The summed E-state index contributed by atoms with van der Waals surface area (Å²) in [5.41, 5.74) is 7.30. The molecule has 2 aromatic rings.